The Morgan fingerprint density at radius 3 is 2.37 bits per heavy atom. The van der Waals surface area contributed by atoms with E-state index >= 15 is 0 Å². The molecule has 0 saturated carbocycles. The smallest absolute Gasteiger partial charge is 0.251 e. The fourth-order valence-electron chi connectivity index (χ4n) is 3.25. The lowest BCUT2D eigenvalue weighted by Crippen LogP contribution is -2.33. The second-order valence-electron chi connectivity index (χ2n) is 7.88. The average molecular weight is 553 g/mol. The minimum Gasteiger partial charge on any atom is -0.342 e. The molecule has 35 heavy (non-hydrogen) atoms. The van der Waals surface area contributed by atoms with Gasteiger partial charge in [0.2, 0.25) is 5.91 Å². The number of allylic oxidation sites excluding steroid dienone is 1. The molecule has 3 aromatic rings. The third-order valence-electron chi connectivity index (χ3n) is 4.93. The molecule has 0 aliphatic heterocycles. The van der Waals surface area contributed by atoms with Crippen molar-refractivity contribution in [2.75, 3.05) is 11.1 Å². The van der Waals surface area contributed by atoms with Crippen molar-refractivity contribution < 1.29 is 9.59 Å². The summed E-state index contributed by atoms with van der Waals surface area (Å²) in [5.41, 5.74) is 0.846. The van der Waals surface area contributed by atoms with Crippen molar-refractivity contribution in [3.8, 4) is 0 Å². The molecule has 0 fully saturated rings. The third kappa shape index (κ3) is 7.01. The molecular weight excluding hydrogens is 529 g/mol. The second kappa shape index (κ2) is 12.4. The Kier molecular flexibility index (Phi) is 9.63. The van der Waals surface area contributed by atoms with Crippen LogP contribution < -0.4 is 10.6 Å². The Labute approximate surface area is 223 Å². The lowest BCUT2D eigenvalue weighted by Gasteiger charge is -2.22. The summed E-state index contributed by atoms with van der Waals surface area (Å²) in [5.74, 6) is 0.116. The first kappa shape index (κ1) is 27.1. The van der Waals surface area contributed by atoms with Crippen LogP contribution in [0.25, 0.3) is 0 Å². The molecule has 7 nitrogen and oxygen atoms in total. The van der Waals surface area contributed by atoms with Gasteiger partial charge in [-0.05, 0) is 30.2 Å². The number of carbonyl (C=O) groups excluding carboxylic acids is 2. The molecule has 11 heteroatoms. The van der Waals surface area contributed by atoms with E-state index in [0.717, 1.165) is 0 Å². The number of thioether (sulfide) groups is 1. The van der Waals surface area contributed by atoms with E-state index < -0.39 is 6.04 Å². The molecule has 0 spiro atoms. The van der Waals surface area contributed by atoms with Crippen LogP contribution in [0.1, 0.15) is 36.1 Å². The largest absolute Gasteiger partial charge is 0.342 e. The molecule has 1 atom stereocenters. The highest BCUT2D eigenvalue weighted by Crippen LogP contribution is 2.34. The van der Waals surface area contributed by atoms with Crippen LogP contribution in [-0.4, -0.2) is 32.3 Å². The van der Waals surface area contributed by atoms with Gasteiger partial charge in [-0.1, -0.05) is 84.7 Å². The summed E-state index contributed by atoms with van der Waals surface area (Å²) >= 11 is 19.4. The number of benzene rings is 2. The molecule has 184 valence electrons. The molecule has 3 rings (SSSR count). The number of carbonyl (C=O) groups is 2. The first-order valence-electron chi connectivity index (χ1n) is 10.7. The van der Waals surface area contributed by atoms with E-state index in [1.54, 1.807) is 18.2 Å². The van der Waals surface area contributed by atoms with Crippen molar-refractivity contribution in [1.29, 1.82) is 0 Å². The normalized spacial score (nSPS) is 11.8. The van der Waals surface area contributed by atoms with E-state index in [9.17, 15) is 9.59 Å². The van der Waals surface area contributed by atoms with Crippen molar-refractivity contribution in [3.05, 3.63) is 81.6 Å². The van der Waals surface area contributed by atoms with Gasteiger partial charge in [-0.15, -0.1) is 16.8 Å². The molecule has 1 heterocycles. The van der Waals surface area contributed by atoms with E-state index in [1.165, 1.54) is 23.9 Å². The fourth-order valence-corrected chi connectivity index (χ4v) is 4.91. The highest BCUT2D eigenvalue weighted by Gasteiger charge is 2.26. The Hall–Kier alpha value is -2.52. The van der Waals surface area contributed by atoms with Gasteiger partial charge in [-0.2, -0.15) is 0 Å². The van der Waals surface area contributed by atoms with Crippen molar-refractivity contribution in [2.24, 2.45) is 5.92 Å². The van der Waals surface area contributed by atoms with Crippen LogP contribution in [0.3, 0.4) is 0 Å². The van der Waals surface area contributed by atoms with Gasteiger partial charge in [0.05, 0.1) is 27.5 Å². The zero-order valence-electron chi connectivity index (χ0n) is 19.1. The first-order chi connectivity index (χ1) is 16.7. The summed E-state index contributed by atoms with van der Waals surface area (Å²) in [4.78, 5) is 25.4. The van der Waals surface area contributed by atoms with Crippen LogP contribution in [0.2, 0.25) is 15.1 Å². The maximum atomic E-state index is 12.8. The Balaban J connectivity index is 1.76. The maximum absolute atomic E-state index is 12.8. The Bertz CT molecular complexity index is 1190. The zero-order valence-corrected chi connectivity index (χ0v) is 22.2. The molecule has 2 N–H and O–H groups in total. The highest BCUT2D eigenvalue weighted by molar-refractivity contribution is 7.99. The lowest BCUT2D eigenvalue weighted by atomic mass is 10.0. The number of anilines is 1. The minimum atomic E-state index is -0.398. The van der Waals surface area contributed by atoms with E-state index in [1.807, 2.05) is 36.6 Å². The highest BCUT2D eigenvalue weighted by atomic mass is 35.5. The summed E-state index contributed by atoms with van der Waals surface area (Å²) in [6, 6.07) is 11.6. The predicted octanol–water partition coefficient (Wildman–Crippen LogP) is 6.28. The number of halogens is 3. The Morgan fingerprint density at radius 1 is 1.11 bits per heavy atom. The molecule has 2 aromatic carbocycles. The van der Waals surface area contributed by atoms with Crippen molar-refractivity contribution >= 4 is 64.1 Å². The quantitative estimate of drug-likeness (QED) is 0.228. The van der Waals surface area contributed by atoms with Gasteiger partial charge >= 0.3 is 0 Å². The number of hydrogen-bond donors (Lipinski definition) is 2. The molecule has 0 unspecified atom stereocenters. The van der Waals surface area contributed by atoms with Gasteiger partial charge in [0.1, 0.15) is 0 Å². The first-order valence-corrected chi connectivity index (χ1v) is 12.8. The van der Waals surface area contributed by atoms with Crippen LogP contribution in [0.15, 0.2) is 60.3 Å². The monoisotopic (exact) mass is 551 g/mol. The molecular formula is C24H24Cl3N5O2S. The van der Waals surface area contributed by atoms with Gasteiger partial charge < -0.3 is 15.2 Å². The van der Waals surface area contributed by atoms with Gasteiger partial charge in [0, 0.05) is 17.1 Å². The fraction of sp³-hybridized carbons (Fsp3) is 0.250. The van der Waals surface area contributed by atoms with E-state index in [-0.39, 0.29) is 33.5 Å². The Morgan fingerprint density at radius 2 is 1.77 bits per heavy atom. The van der Waals surface area contributed by atoms with E-state index in [4.69, 9.17) is 34.8 Å². The number of aromatic nitrogens is 3. The lowest BCUT2D eigenvalue weighted by molar-refractivity contribution is -0.113. The summed E-state index contributed by atoms with van der Waals surface area (Å²) < 4.78 is 1.84. The van der Waals surface area contributed by atoms with Crippen molar-refractivity contribution in [2.45, 2.75) is 31.6 Å². The number of nitrogens with one attached hydrogen (secondary N) is 2. The minimum absolute atomic E-state index is 0.0331. The molecule has 0 aliphatic carbocycles. The molecule has 0 aliphatic rings. The molecule has 0 radical (unpaired) electrons. The van der Waals surface area contributed by atoms with Crippen LogP contribution in [-0.2, 0) is 11.3 Å². The summed E-state index contributed by atoms with van der Waals surface area (Å²) in [6.07, 6.45) is 1.71. The average Bonchev–Trinajstić information content (AvgIpc) is 3.21. The molecule has 0 saturated heterocycles. The SMILES string of the molecule is C=CCn1c(SCC(=O)Nc2c(Cl)cc(Cl)cc2Cl)nnc1[C@H](NC(=O)c1ccccc1)C(C)C. The van der Waals surface area contributed by atoms with E-state index in [2.05, 4.69) is 27.4 Å². The van der Waals surface area contributed by atoms with Crippen molar-refractivity contribution in [1.82, 2.24) is 20.1 Å². The maximum Gasteiger partial charge on any atom is 0.251 e. The molecule has 0 bridgehead atoms. The third-order valence-corrected chi connectivity index (χ3v) is 6.71. The summed E-state index contributed by atoms with van der Waals surface area (Å²) in [6.45, 7) is 8.20. The van der Waals surface area contributed by atoms with Crippen LogP contribution in [0.4, 0.5) is 5.69 Å². The zero-order chi connectivity index (χ0) is 25.5. The van der Waals surface area contributed by atoms with Gasteiger partial charge in [0.15, 0.2) is 11.0 Å². The van der Waals surface area contributed by atoms with Crippen molar-refractivity contribution in [3.63, 3.8) is 0 Å². The standard InChI is InChI=1S/C24H24Cl3N5O2S/c1-4-10-32-22(20(14(2)3)29-23(34)15-8-6-5-7-9-15)30-31-24(32)35-13-19(33)28-21-17(26)11-16(25)12-18(21)27/h4-9,11-12,14,20H,1,10,13H2,2-3H3,(H,28,33)(H,29,34)/t20-/m1/s1. The number of amides is 2. The predicted molar refractivity (Wildman–Crippen MR) is 143 cm³/mol. The number of rotatable bonds is 10. The molecule has 2 amide bonds. The van der Waals surface area contributed by atoms with Crippen LogP contribution >= 0.6 is 46.6 Å². The van der Waals surface area contributed by atoms with Gasteiger partial charge in [-0.25, -0.2) is 0 Å². The molecule has 1 aromatic heterocycles. The number of nitrogens with zero attached hydrogens (tertiary/aromatic N) is 3. The summed E-state index contributed by atoms with van der Waals surface area (Å²) in [7, 11) is 0. The second-order valence-corrected chi connectivity index (χ2v) is 10.1. The number of hydrogen-bond acceptors (Lipinski definition) is 5. The van der Waals surface area contributed by atoms with E-state index in [0.29, 0.717) is 33.8 Å². The van der Waals surface area contributed by atoms with Gasteiger partial charge in [-0.3, -0.25) is 9.59 Å². The van der Waals surface area contributed by atoms with Crippen LogP contribution in [0.5, 0.6) is 0 Å². The van der Waals surface area contributed by atoms with Gasteiger partial charge in [0.25, 0.3) is 5.91 Å². The summed E-state index contributed by atoms with van der Waals surface area (Å²) in [5, 5.41) is 15.7. The topological polar surface area (TPSA) is 88.9 Å². The van der Waals surface area contributed by atoms with Crippen LogP contribution in [0, 0.1) is 5.92 Å².